The van der Waals surface area contributed by atoms with Gasteiger partial charge < -0.3 is 19.7 Å². The molecule has 2 heterocycles. The van der Waals surface area contributed by atoms with Crippen LogP contribution in [0.15, 0.2) is 0 Å². The summed E-state index contributed by atoms with van der Waals surface area (Å²) in [7, 11) is 0. The van der Waals surface area contributed by atoms with Gasteiger partial charge in [-0.05, 0) is 44.8 Å². The SMILES string of the molecule is CC(CNCC1CCOCO1)CN1CCCC1. The Morgan fingerprint density at radius 2 is 2.18 bits per heavy atom. The van der Waals surface area contributed by atoms with Crippen LogP contribution in [0.25, 0.3) is 0 Å². The molecule has 2 atom stereocenters. The van der Waals surface area contributed by atoms with E-state index in [1.807, 2.05) is 0 Å². The van der Waals surface area contributed by atoms with Crippen molar-refractivity contribution in [2.75, 3.05) is 46.1 Å². The molecule has 2 aliphatic rings. The molecule has 0 amide bonds. The van der Waals surface area contributed by atoms with Crippen LogP contribution in [0.3, 0.4) is 0 Å². The average molecular weight is 242 g/mol. The molecule has 0 spiro atoms. The van der Waals surface area contributed by atoms with Gasteiger partial charge in [-0.25, -0.2) is 0 Å². The standard InChI is InChI=1S/C13H26N2O2/c1-12(10-15-5-2-3-6-15)8-14-9-13-4-7-16-11-17-13/h12-14H,2-11H2,1H3. The molecule has 2 unspecified atom stereocenters. The third-order valence-electron chi connectivity index (χ3n) is 3.60. The van der Waals surface area contributed by atoms with Crippen molar-refractivity contribution in [1.29, 1.82) is 0 Å². The van der Waals surface area contributed by atoms with E-state index in [-0.39, 0.29) is 0 Å². The maximum absolute atomic E-state index is 5.50. The van der Waals surface area contributed by atoms with Gasteiger partial charge in [0.05, 0.1) is 12.7 Å². The van der Waals surface area contributed by atoms with Gasteiger partial charge in [0.15, 0.2) is 0 Å². The highest BCUT2D eigenvalue weighted by molar-refractivity contribution is 4.71. The van der Waals surface area contributed by atoms with E-state index >= 15 is 0 Å². The van der Waals surface area contributed by atoms with E-state index in [0.29, 0.717) is 12.9 Å². The molecule has 0 bridgehead atoms. The molecule has 2 rings (SSSR count). The van der Waals surface area contributed by atoms with Crippen LogP contribution in [0.2, 0.25) is 0 Å². The van der Waals surface area contributed by atoms with E-state index in [1.165, 1.54) is 32.5 Å². The summed E-state index contributed by atoms with van der Waals surface area (Å²) in [6.07, 6.45) is 4.14. The molecule has 4 nitrogen and oxygen atoms in total. The first-order valence-corrected chi connectivity index (χ1v) is 6.97. The Balaban J connectivity index is 1.51. The number of likely N-dealkylation sites (tertiary alicyclic amines) is 1. The lowest BCUT2D eigenvalue weighted by molar-refractivity contribution is -0.137. The zero-order valence-corrected chi connectivity index (χ0v) is 11.0. The smallest absolute Gasteiger partial charge is 0.147 e. The lowest BCUT2D eigenvalue weighted by Crippen LogP contribution is -2.38. The van der Waals surface area contributed by atoms with Crippen LogP contribution in [0, 0.1) is 5.92 Å². The van der Waals surface area contributed by atoms with Gasteiger partial charge in [0.25, 0.3) is 0 Å². The number of hydrogen-bond acceptors (Lipinski definition) is 4. The van der Waals surface area contributed by atoms with E-state index in [9.17, 15) is 0 Å². The van der Waals surface area contributed by atoms with Gasteiger partial charge in [-0.1, -0.05) is 6.92 Å². The normalized spacial score (nSPS) is 28.4. The highest BCUT2D eigenvalue weighted by atomic mass is 16.7. The molecule has 2 fully saturated rings. The minimum atomic E-state index is 0.350. The third kappa shape index (κ3) is 4.92. The predicted molar refractivity (Wildman–Crippen MR) is 68.0 cm³/mol. The molecular formula is C13H26N2O2. The summed E-state index contributed by atoms with van der Waals surface area (Å²) in [4.78, 5) is 2.58. The fraction of sp³-hybridized carbons (Fsp3) is 1.00. The van der Waals surface area contributed by atoms with Crippen molar-refractivity contribution in [3.8, 4) is 0 Å². The summed E-state index contributed by atoms with van der Waals surface area (Å²) < 4.78 is 10.7. The number of rotatable bonds is 6. The second-order valence-corrected chi connectivity index (χ2v) is 5.37. The largest absolute Gasteiger partial charge is 0.355 e. The second kappa shape index (κ2) is 7.31. The molecule has 0 radical (unpaired) electrons. The highest BCUT2D eigenvalue weighted by Crippen LogP contribution is 2.10. The number of nitrogens with zero attached hydrogens (tertiary/aromatic N) is 1. The van der Waals surface area contributed by atoms with E-state index in [2.05, 4.69) is 17.1 Å². The summed E-state index contributed by atoms with van der Waals surface area (Å²) in [5.74, 6) is 0.730. The van der Waals surface area contributed by atoms with E-state index in [1.54, 1.807) is 0 Å². The monoisotopic (exact) mass is 242 g/mol. The van der Waals surface area contributed by atoms with Crippen LogP contribution >= 0.6 is 0 Å². The second-order valence-electron chi connectivity index (χ2n) is 5.37. The third-order valence-corrected chi connectivity index (χ3v) is 3.60. The average Bonchev–Trinajstić information content (AvgIpc) is 2.83. The zero-order valence-electron chi connectivity index (χ0n) is 11.0. The maximum Gasteiger partial charge on any atom is 0.147 e. The quantitative estimate of drug-likeness (QED) is 0.755. The summed E-state index contributed by atoms with van der Waals surface area (Å²) in [5, 5.41) is 3.52. The van der Waals surface area contributed by atoms with Gasteiger partial charge in [-0.3, -0.25) is 0 Å². The first kappa shape index (κ1) is 13.3. The maximum atomic E-state index is 5.50. The number of nitrogens with one attached hydrogen (secondary N) is 1. The van der Waals surface area contributed by atoms with E-state index < -0.39 is 0 Å². The van der Waals surface area contributed by atoms with Crippen molar-refractivity contribution in [3.63, 3.8) is 0 Å². The van der Waals surface area contributed by atoms with Crippen molar-refractivity contribution in [1.82, 2.24) is 10.2 Å². The molecular weight excluding hydrogens is 216 g/mol. The van der Waals surface area contributed by atoms with Crippen molar-refractivity contribution in [2.45, 2.75) is 32.3 Å². The number of hydrogen-bond donors (Lipinski definition) is 1. The van der Waals surface area contributed by atoms with Crippen LogP contribution in [0.1, 0.15) is 26.2 Å². The molecule has 2 aliphatic heterocycles. The van der Waals surface area contributed by atoms with Crippen LogP contribution < -0.4 is 5.32 Å². The lowest BCUT2D eigenvalue weighted by Gasteiger charge is -2.25. The summed E-state index contributed by atoms with van der Waals surface area (Å²) >= 11 is 0. The topological polar surface area (TPSA) is 33.7 Å². The fourth-order valence-electron chi connectivity index (χ4n) is 2.62. The predicted octanol–water partition coefficient (Wildman–Crippen LogP) is 1.07. The van der Waals surface area contributed by atoms with Crippen LogP contribution in [-0.2, 0) is 9.47 Å². The Kier molecular flexibility index (Phi) is 5.71. The molecule has 0 aromatic heterocycles. The first-order chi connectivity index (χ1) is 8.34. The molecule has 0 aromatic carbocycles. The van der Waals surface area contributed by atoms with E-state index in [0.717, 1.165) is 32.0 Å². The van der Waals surface area contributed by atoms with Crippen LogP contribution in [0.4, 0.5) is 0 Å². The lowest BCUT2D eigenvalue weighted by atomic mass is 10.1. The van der Waals surface area contributed by atoms with Crippen LogP contribution in [-0.4, -0.2) is 57.1 Å². The van der Waals surface area contributed by atoms with Gasteiger partial charge in [0.2, 0.25) is 0 Å². The Morgan fingerprint density at radius 3 is 2.88 bits per heavy atom. The first-order valence-electron chi connectivity index (χ1n) is 6.97. The van der Waals surface area contributed by atoms with Gasteiger partial charge >= 0.3 is 0 Å². The van der Waals surface area contributed by atoms with E-state index in [4.69, 9.17) is 9.47 Å². The molecule has 0 saturated carbocycles. The molecule has 1 N–H and O–H groups in total. The van der Waals surface area contributed by atoms with Gasteiger partial charge in [-0.2, -0.15) is 0 Å². The molecule has 0 aliphatic carbocycles. The molecule has 0 aromatic rings. The number of ether oxygens (including phenoxy) is 2. The van der Waals surface area contributed by atoms with Crippen molar-refractivity contribution >= 4 is 0 Å². The Morgan fingerprint density at radius 1 is 1.35 bits per heavy atom. The van der Waals surface area contributed by atoms with Crippen LogP contribution in [0.5, 0.6) is 0 Å². The molecule has 100 valence electrons. The fourth-order valence-corrected chi connectivity index (χ4v) is 2.62. The zero-order chi connectivity index (χ0) is 11.9. The Bertz CT molecular complexity index is 202. The summed E-state index contributed by atoms with van der Waals surface area (Å²) in [6, 6.07) is 0. The minimum Gasteiger partial charge on any atom is -0.355 e. The van der Waals surface area contributed by atoms with Gasteiger partial charge in [0.1, 0.15) is 6.79 Å². The highest BCUT2D eigenvalue weighted by Gasteiger charge is 2.16. The Hall–Kier alpha value is -0.160. The molecule has 17 heavy (non-hydrogen) atoms. The summed E-state index contributed by atoms with van der Waals surface area (Å²) in [6.45, 7) is 9.54. The minimum absolute atomic E-state index is 0.350. The van der Waals surface area contributed by atoms with Gasteiger partial charge in [-0.15, -0.1) is 0 Å². The molecule has 4 heteroatoms. The molecule has 2 saturated heterocycles. The Labute approximate surface area is 105 Å². The van der Waals surface area contributed by atoms with Crippen molar-refractivity contribution in [3.05, 3.63) is 0 Å². The summed E-state index contributed by atoms with van der Waals surface area (Å²) in [5.41, 5.74) is 0. The van der Waals surface area contributed by atoms with Gasteiger partial charge in [0, 0.05) is 13.1 Å². The van der Waals surface area contributed by atoms with Crippen molar-refractivity contribution < 1.29 is 9.47 Å². The van der Waals surface area contributed by atoms with Crippen molar-refractivity contribution in [2.24, 2.45) is 5.92 Å².